The van der Waals surface area contributed by atoms with Crippen molar-refractivity contribution in [1.82, 2.24) is 5.32 Å². The van der Waals surface area contributed by atoms with Crippen LogP contribution in [-0.2, 0) is 0 Å². The van der Waals surface area contributed by atoms with Gasteiger partial charge in [-0.15, -0.1) is 0 Å². The van der Waals surface area contributed by atoms with Crippen LogP contribution in [0.25, 0.3) is 0 Å². The third-order valence-corrected chi connectivity index (χ3v) is 4.53. The van der Waals surface area contributed by atoms with Gasteiger partial charge >= 0.3 is 0 Å². The van der Waals surface area contributed by atoms with Crippen molar-refractivity contribution >= 4 is 23.0 Å². The van der Waals surface area contributed by atoms with E-state index in [1.165, 1.54) is 0 Å². The van der Waals surface area contributed by atoms with E-state index in [1.807, 2.05) is 42.5 Å². The summed E-state index contributed by atoms with van der Waals surface area (Å²) in [6.07, 6.45) is 0.798. The number of fused-ring (bicyclic) bond motifs is 1. The topological polar surface area (TPSA) is 51.8 Å². The van der Waals surface area contributed by atoms with Crippen LogP contribution in [-0.4, -0.2) is 24.9 Å². The number of thiocarbonyl (C=S) groups is 1. The first-order valence-corrected chi connectivity index (χ1v) is 8.89. The molecule has 0 bridgehead atoms. The fourth-order valence-corrected chi connectivity index (χ4v) is 3.37. The normalized spacial score (nSPS) is 17.5. The molecule has 0 aliphatic carbocycles. The molecule has 2 N–H and O–H groups in total. The van der Waals surface area contributed by atoms with Crippen molar-refractivity contribution in [2.24, 2.45) is 0 Å². The Bertz CT molecular complexity index is 807. The zero-order valence-electron chi connectivity index (χ0n) is 15.5. The number of rotatable bonds is 4. The molecule has 3 rings (SSSR count). The van der Waals surface area contributed by atoms with Crippen LogP contribution in [0.5, 0.6) is 17.2 Å². The Kier molecular flexibility index (Phi) is 5.23. The van der Waals surface area contributed by atoms with Crippen molar-refractivity contribution in [3.8, 4) is 17.2 Å². The first-order chi connectivity index (χ1) is 12.4. The van der Waals surface area contributed by atoms with Gasteiger partial charge in [-0.1, -0.05) is 6.07 Å². The van der Waals surface area contributed by atoms with Gasteiger partial charge in [0.25, 0.3) is 0 Å². The summed E-state index contributed by atoms with van der Waals surface area (Å²) in [6.45, 7) is 4.14. The smallest absolute Gasteiger partial charge is 0.171 e. The molecule has 0 aromatic heterocycles. The van der Waals surface area contributed by atoms with Crippen molar-refractivity contribution in [3.05, 3.63) is 48.0 Å². The monoisotopic (exact) mass is 372 g/mol. The van der Waals surface area contributed by atoms with Gasteiger partial charge in [-0.05, 0) is 50.3 Å². The second-order valence-electron chi connectivity index (χ2n) is 6.85. The van der Waals surface area contributed by atoms with Crippen LogP contribution in [0.4, 0.5) is 5.69 Å². The number of hydrogen-bond donors (Lipinski definition) is 2. The molecule has 1 unspecified atom stereocenters. The number of methoxy groups -OCH3 is 2. The van der Waals surface area contributed by atoms with E-state index in [9.17, 15) is 0 Å². The standard InChI is InChI=1S/C20H24N2O3S/c1-20(2)12-17(16-9-8-15(24-4)11-18(16)25-20)22-19(26)21-13-6-5-7-14(10-13)23-3/h5-11,17H,12H2,1-4H3,(H2,21,22,26). The highest BCUT2D eigenvalue weighted by Gasteiger charge is 2.34. The molecule has 0 spiro atoms. The molecular formula is C20H24N2O3S. The predicted molar refractivity (Wildman–Crippen MR) is 107 cm³/mol. The van der Waals surface area contributed by atoms with Gasteiger partial charge in [-0.2, -0.15) is 0 Å². The molecular weight excluding hydrogens is 348 g/mol. The van der Waals surface area contributed by atoms with Gasteiger partial charge in [-0.3, -0.25) is 0 Å². The second-order valence-corrected chi connectivity index (χ2v) is 7.26. The molecule has 0 fully saturated rings. The minimum absolute atomic E-state index is 0.0465. The Morgan fingerprint density at radius 2 is 1.85 bits per heavy atom. The summed E-state index contributed by atoms with van der Waals surface area (Å²) >= 11 is 5.52. The summed E-state index contributed by atoms with van der Waals surface area (Å²) in [6, 6.07) is 13.6. The predicted octanol–water partition coefficient (Wildman–Crippen LogP) is 4.29. The molecule has 0 saturated heterocycles. The minimum atomic E-state index is -0.303. The van der Waals surface area contributed by atoms with Gasteiger partial charge in [0.15, 0.2) is 5.11 Å². The summed E-state index contributed by atoms with van der Waals surface area (Å²) in [7, 11) is 3.30. The lowest BCUT2D eigenvalue weighted by atomic mass is 9.89. The van der Waals surface area contributed by atoms with Crippen LogP contribution >= 0.6 is 12.2 Å². The van der Waals surface area contributed by atoms with E-state index in [0.29, 0.717) is 5.11 Å². The maximum absolute atomic E-state index is 6.12. The Labute approximate surface area is 159 Å². The van der Waals surface area contributed by atoms with Crippen molar-refractivity contribution in [2.45, 2.75) is 31.9 Å². The maximum atomic E-state index is 6.12. The molecule has 0 amide bonds. The summed E-state index contributed by atoms with van der Waals surface area (Å²) in [5.74, 6) is 2.38. The van der Waals surface area contributed by atoms with Crippen molar-refractivity contribution in [3.63, 3.8) is 0 Å². The van der Waals surface area contributed by atoms with Gasteiger partial charge < -0.3 is 24.8 Å². The van der Waals surface area contributed by atoms with Crippen LogP contribution in [0.1, 0.15) is 31.9 Å². The summed E-state index contributed by atoms with van der Waals surface area (Å²) in [5, 5.41) is 7.19. The van der Waals surface area contributed by atoms with E-state index in [4.69, 9.17) is 26.4 Å². The molecule has 5 nitrogen and oxygen atoms in total. The Hall–Kier alpha value is -2.47. The third-order valence-electron chi connectivity index (χ3n) is 4.31. The lowest BCUT2D eigenvalue weighted by molar-refractivity contribution is 0.0693. The highest BCUT2D eigenvalue weighted by molar-refractivity contribution is 7.80. The van der Waals surface area contributed by atoms with Crippen LogP contribution in [0, 0.1) is 0 Å². The molecule has 1 aliphatic rings. The van der Waals surface area contributed by atoms with Crippen LogP contribution < -0.4 is 24.8 Å². The molecule has 0 radical (unpaired) electrons. The molecule has 2 aromatic rings. The largest absolute Gasteiger partial charge is 0.497 e. The Morgan fingerprint density at radius 3 is 2.58 bits per heavy atom. The quantitative estimate of drug-likeness (QED) is 0.781. The average molecular weight is 372 g/mol. The van der Waals surface area contributed by atoms with E-state index >= 15 is 0 Å². The highest BCUT2D eigenvalue weighted by Crippen LogP contribution is 2.41. The van der Waals surface area contributed by atoms with Crippen molar-refractivity contribution in [2.75, 3.05) is 19.5 Å². The van der Waals surface area contributed by atoms with Crippen molar-refractivity contribution < 1.29 is 14.2 Å². The van der Waals surface area contributed by atoms with E-state index in [1.54, 1.807) is 14.2 Å². The molecule has 26 heavy (non-hydrogen) atoms. The Balaban J connectivity index is 1.77. The zero-order chi connectivity index (χ0) is 18.7. The molecule has 1 aliphatic heterocycles. The number of ether oxygens (including phenoxy) is 3. The third kappa shape index (κ3) is 4.19. The number of nitrogens with one attached hydrogen (secondary N) is 2. The molecule has 138 valence electrons. The van der Waals surface area contributed by atoms with Crippen molar-refractivity contribution in [1.29, 1.82) is 0 Å². The highest BCUT2D eigenvalue weighted by atomic mass is 32.1. The lowest BCUT2D eigenvalue weighted by Crippen LogP contribution is -2.42. The molecule has 0 saturated carbocycles. The number of anilines is 1. The van der Waals surface area contributed by atoms with Crippen LogP contribution in [0.2, 0.25) is 0 Å². The number of hydrogen-bond acceptors (Lipinski definition) is 4. The van der Waals surface area contributed by atoms with E-state index in [2.05, 4.69) is 24.5 Å². The first-order valence-electron chi connectivity index (χ1n) is 8.49. The van der Waals surface area contributed by atoms with Gasteiger partial charge in [0.1, 0.15) is 22.8 Å². The van der Waals surface area contributed by atoms with Gasteiger partial charge in [0.2, 0.25) is 0 Å². The zero-order valence-corrected chi connectivity index (χ0v) is 16.3. The molecule has 2 aromatic carbocycles. The SMILES string of the molecule is COc1cccc(NC(=S)NC2CC(C)(C)Oc3cc(OC)ccc32)c1. The Morgan fingerprint density at radius 1 is 1.12 bits per heavy atom. The first kappa shape index (κ1) is 18.3. The second kappa shape index (κ2) is 7.41. The van der Waals surface area contributed by atoms with E-state index in [-0.39, 0.29) is 11.6 Å². The lowest BCUT2D eigenvalue weighted by Gasteiger charge is -2.38. The summed E-state index contributed by atoms with van der Waals surface area (Å²) in [5.41, 5.74) is 1.64. The maximum Gasteiger partial charge on any atom is 0.171 e. The molecule has 1 atom stereocenters. The fourth-order valence-electron chi connectivity index (χ4n) is 3.11. The van der Waals surface area contributed by atoms with E-state index < -0.39 is 0 Å². The molecule has 6 heteroatoms. The average Bonchev–Trinajstić information content (AvgIpc) is 2.60. The fraction of sp³-hybridized carbons (Fsp3) is 0.350. The summed E-state index contributed by atoms with van der Waals surface area (Å²) < 4.78 is 16.7. The van der Waals surface area contributed by atoms with Crippen LogP contribution in [0.15, 0.2) is 42.5 Å². The summed E-state index contributed by atoms with van der Waals surface area (Å²) in [4.78, 5) is 0. The van der Waals surface area contributed by atoms with Crippen LogP contribution in [0.3, 0.4) is 0 Å². The van der Waals surface area contributed by atoms with E-state index in [0.717, 1.165) is 34.9 Å². The van der Waals surface area contributed by atoms with Gasteiger partial charge in [0.05, 0.1) is 20.3 Å². The van der Waals surface area contributed by atoms with Gasteiger partial charge in [0, 0.05) is 29.8 Å². The molecule has 1 heterocycles. The number of benzene rings is 2. The van der Waals surface area contributed by atoms with Gasteiger partial charge in [-0.25, -0.2) is 0 Å². The minimum Gasteiger partial charge on any atom is -0.497 e.